The van der Waals surface area contributed by atoms with Crippen LogP contribution in [0.2, 0.25) is 0 Å². The van der Waals surface area contributed by atoms with Gasteiger partial charge in [0.1, 0.15) is 11.4 Å². The predicted octanol–water partition coefficient (Wildman–Crippen LogP) is 5.11. The van der Waals surface area contributed by atoms with E-state index < -0.39 is 29.3 Å². The molecule has 2 amide bonds. The van der Waals surface area contributed by atoms with Crippen LogP contribution in [0.5, 0.6) is 5.75 Å². The van der Waals surface area contributed by atoms with Crippen molar-refractivity contribution in [3.05, 3.63) is 48.0 Å². The number of alkyl halides is 3. The first-order chi connectivity index (χ1) is 14.4. The number of methoxy groups -OCH3 is 1. The van der Waals surface area contributed by atoms with Gasteiger partial charge in [-0.15, -0.1) is 0 Å². The summed E-state index contributed by atoms with van der Waals surface area (Å²) in [6.07, 6.45) is -5.17. The van der Waals surface area contributed by atoms with Crippen LogP contribution in [0, 0.1) is 0 Å². The maximum absolute atomic E-state index is 12.8. The summed E-state index contributed by atoms with van der Waals surface area (Å²) >= 11 is 0. The van der Waals surface area contributed by atoms with Crippen LogP contribution in [-0.2, 0) is 15.7 Å². The lowest BCUT2D eigenvalue weighted by molar-refractivity contribution is -0.137. The lowest BCUT2D eigenvalue weighted by Gasteiger charge is -2.20. The fraction of sp³-hybridized carbons (Fsp3) is 0.333. The lowest BCUT2D eigenvalue weighted by Crippen LogP contribution is -2.27. The number of carbonyl (C=O) groups is 2. The third-order valence-corrected chi connectivity index (χ3v) is 3.76. The summed E-state index contributed by atoms with van der Waals surface area (Å²) in [6, 6.07) is 9.12. The minimum atomic E-state index is -4.47. The number of benzene rings is 2. The van der Waals surface area contributed by atoms with Gasteiger partial charge >= 0.3 is 12.3 Å². The largest absolute Gasteiger partial charge is 0.495 e. The summed E-state index contributed by atoms with van der Waals surface area (Å²) in [5, 5.41) is 7.79. The lowest BCUT2D eigenvalue weighted by atomic mass is 10.2. The zero-order chi connectivity index (χ0) is 23.2. The first-order valence-electron chi connectivity index (χ1n) is 9.26. The van der Waals surface area contributed by atoms with E-state index in [1.807, 2.05) is 0 Å². The van der Waals surface area contributed by atoms with E-state index in [9.17, 15) is 22.8 Å². The monoisotopic (exact) mass is 439 g/mol. The average Bonchev–Trinajstić information content (AvgIpc) is 2.64. The van der Waals surface area contributed by atoms with Gasteiger partial charge in [-0.05, 0) is 57.2 Å². The van der Waals surface area contributed by atoms with Crippen molar-refractivity contribution in [2.24, 2.45) is 0 Å². The zero-order valence-corrected chi connectivity index (χ0v) is 17.5. The summed E-state index contributed by atoms with van der Waals surface area (Å²) in [7, 11) is 1.42. The summed E-state index contributed by atoms with van der Waals surface area (Å²) in [5.41, 5.74) is -0.723. The topological polar surface area (TPSA) is 88.7 Å². The van der Waals surface area contributed by atoms with E-state index in [4.69, 9.17) is 9.47 Å². The van der Waals surface area contributed by atoms with Crippen molar-refractivity contribution in [2.75, 3.05) is 29.6 Å². The molecule has 0 spiro atoms. The molecule has 10 heteroatoms. The number of carbonyl (C=O) groups excluding carboxylic acids is 2. The number of rotatable bonds is 6. The Morgan fingerprint density at radius 1 is 0.968 bits per heavy atom. The Labute approximate surface area is 177 Å². The fourth-order valence-electron chi connectivity index (χ4n) is 2.49. The first kappa shape index (κ1) is 23.8. The standard InChI is InChI=1S/C21H24F3N3O4/c1-20(2,3)31-19(29)27-16-11-15(8-9-17(16)30-4)26-18(28)12-25-14-7-5-6-13(10-14)21(22,23)24/h5-11,25H,12H2,1-4H3,(H,26,28)(H,27,29). The van der Waals surface area contributed by atoms with Crippen LogP contribution in [-0.4, -0.2) is 31.3 Å². The van der Waals surface area contributed by atoms with Crippen LogP contribution < -0.4 is 20.7 Å². The molecule has 0 aliphatic carbocycles. The van der Waals surface area contributed by atoms with Crippen molar-refractivity contribution >= 4 is 29.1 Å². The van der Waals surface area contributed by atoms with Gasteiger partial charge in [0.15, 0.2) is 0 Å². The van der Waals surface area contributed by atoms with E-state index in [0.717, 1.165) is 12.1 Å². The van der Waals surface area contributed by atoms with Gasteiger partial charge in [-0.2, -0.15) is 13.2 Å². The minimum absolute atomic E-state index is 0.159. The molecule has 168 valence electrons. The smallest absolute Gasteiger partial charge is 0.416 e. The van der Waals surface area contributed by atoms with E-state index >= 15 is 0 Å². The molecule has 2 aromatic rings. The Balaban J connectivity index is 2.02. The molecule has 0 aliphatic heterocycles. The third-order valence-electron chi connectivity index (χ3n) is 3.76. The minimum Gasteiger partial charge on any atom is -0.495 e. The molecule has 0 bridgehead atoms. The molecule has 31 heavy (non-hydrogen) atoms. The highest BCUT2D eigenvalue weighted by atomic mass is 19.4. The van der Waals surface area contributed by atoms with Crippen molar-refractivity contribution in [1.82, 2.24) is 0 Å². The molecule has 0 unspecified atom stereocenters. The van der Waals surface area contributed by atoms with E-state index in [1.165, 1.54) is 25.3 Å². The van der Waals surface area contributed by atoms with Crippen molar-refractivity contribution < 1.29 is 32.2 Å². The molecule has 2 rings (SSSR count). The van der Waals surface area contributed by atoms with Crippen LogP contribution in [0.4, 0.5) is 35.0 Å². The van der Waals surface area contributed by atoms with E-state index in [1.54, 1.807) is 32.9 Å². The number of hydrogen-bond donors (Lipinski definition) is 3. The van der Waals surface area contributed by atoms with Gasteiger partial charge in [-0.3, -0.25) is 10.1 Å². The van der Waals surface area contributed by atoms with Gasteiger partial charge in [0, 0.05) is 11.4 Å². The maximum atomic E-state index is 12.8. The van der Waals surface area contributed by atoms with Gasteiger partial charge in [0.2, 0.25) is 5.91 Å². The molecular formula is C21H24F3N3O4. The fourth-order valence-corrected chi connectivity index (χ4v) is 2.49. The van der Waals surface area contributed by atoms with Crippen molar-refractivity contribution in [3.63, 3.8) is 0 Å². The summed E-state index contributed by atoms with van der Waals surface area (Å²) in [4.78, 5) is 24.2. The Morgan fingerprint density at radius 3 is 2.29 bits per heavy atom. The molecule has 0 fully saturated rings. The SMILES string of the molecule is COc1ccc(NC(=O)CNc2cccc(C(F)(F)F)c2)cc1NC(=O)OC(C)(C)C. The number of halogens is 3. The normalized spacial score (nSPS) is 11.5. The van der Waals surface area contributed by atoms with E-state index in [0.29, 0.717) is 11.4 Å². The molecule has 3 N–H and O–H groups in total. The van der Waals surface area contributed by atoms with Crippen LogP contribution >= 0.6 is 0 Å². The Morgan fingerprint density at radius 2 is 1.68 bits per heavy atom. The summed E-state index contributed by atoms with van der Waals surface area (Å²) in [5.74, 6) is -0.142. The first-order valence-corrected chi connectivity index (χ1v) is 9.26. The number of nitrogens with one attached hydrogen (secondary N) is 3. The maximum Gasteiger partial charge on any atom is 0.416 e. The summed E-state index contributed by atoms with van der Waals surface area (Å²) < 4.78 is 48.7. The second-order valence-corrected chi connectivity index (χ2v) is 7.52. The highest BCUT2D eigenvalue weighted by Crippen LogP contribution is 2.31. The Bertz CT molecular complexity index is 940. The molecule has 2 aromatic carbocycles. The molecule has 0 heterocycles. The van der Waals surface area contributed by atoms with Gasteiger partial charge in [0.25, 0.3) is 0 Å². The molecule has 0 aromatic heterocycles. The zero-order valence-electron chi connectivity index (χ0n) is 17.5. The predicted molar refractivity (Wildman–Crippen MR) is 111 cm³/mol. The summed E-state index contributed by atoms with van der Waals surface area (Å²) in [6.45, 7) is 4.90. The quantitative estimate of drug-likeness (QED) is 0.582. The molecule has 0 atom stereocenters. The van der Waals surface area contributed by atoms with Gasteiger partial charge in [-0.25, -0.2) is 4.79 Å². The number of ether oxygens (including phenoxy) is 2. The number of anilines is 3. The molecular weight excluding hydrogens is 415 g/mol. The molecule has 0 saturated heterocycles. The van der Waals surface area contributed by atoms with Crippen LogP contribution in [0.3, 0.4) is 0 Å². The second-order valence-electron chi connectivity index (χ2n) is 7.52. The van der Waals surface area contributed by atoms with Gasteiger partial charge in [0.05, 0.1) is 24.9 Å². The Hall–Kier alpha value is -3.43. The molecule has 0 saturated carbocycles. The van der Waals surface area contributed by atoms with Crippen LogP contribution in [0.15, 0.2) is 42.5 Å². The highest BCUT2D eigenvalue weighted by molar-refractivity contribution is 5.95. The van der Waals surface area contributed by atoms with Crippen LogP contribution in [0.25, 0.3) is 0 Å². The van der Waals surface area contributed by atoms with Gasteiger partial charge in [-0.1, -0.05) is 6.07 Å². The third kappa shape index (κ3) is 7.72. The average molecular weight is 439 g/mol. The highest BCUT2D eigenvalue weighted by Gasteiger charge is 2.30. The van der Waals surface area contributed by atoms with Crippen molar-refractivity contribution in [3.8, 4) is 5.75 Å². The van der Waals surface area contributed by atoms with Gasteiger partial charge < -0.3 is 20.1 Å². The number of amides is 2. The van der Waals surface area contributed by atoms with Crippen molar-refractivity contribution in [1.29, 1.82) is 0 Å². The molecule has 0 aliphatic rings. The van der Waals surface area contributed by atoms with E-state index in [2.05, 4.69) is 16.0 Å². The van der Waals surface area contributed by atoms with Crippen LogP contribution in [0.1, 0.15) is 26.3 Å². The second kappa shape index (κ2) is 9.59. The number of hydrogen-bond acceptors (Lipinski definition) is 5. The van der Waals surface area contributed by atoms with Crippen molar-refractivity contribution in [2.45, 2.75) is 32.5 Å². The molecule has 0 radical (unpaired) electrons. The Kier molecular flexibility index (Phi) is 7.37. The molecule has 7 nitrogen and oxygen atoms in total. The van der Waals surface area contributed by atoms with E-state index in [-0.39, 0.29) is 17.9 Å².